The van der Waals surface area contributed by atoms with Gasteiger partial charge in [-0.2, -0.15) is 0 Å². The number of rotatable bonds is 5. The number of anilines is 2. The molecule has 3 heterocycles. The Bertz CT molecular complexity index is 949. The van der Waals surface area contributed by atoms with Crippen molar-refractivity contribution in [3.8, 4) is 5.75 Å². The van der Waals surface area contributed by atoms with Gasteiger partial charge in [0.2, 0.25) is 0 Å². The first-order valence-corrected chi connectivity index (χ1v) is 11.0. The first-order valence-electron chi connectivity index (χ1n) is 10.6. The monoisotopic (exact) mass is 445 g/mol. The maximum atomic E-state index is 11.7. The number of carbonyl (C=O) groups excluding carboxylic acids is 1. The zero-order valence-corrected chi connectivity index (χ0v) is 18.5. The van der Waals surface area contributed by atoms with Gasteiger partial charge in [-0.25, -0.2) is 4.98 Å². The summed E-state index contributed by atoms with van der Waals surface area (Å²) in [5.41, 5.74) is 3.17. The lowest BCUT2D eigenvalue weighted by molar-refractivity contribution is 0.0430. The van der Waals surface area contributed by atoms with E-state index in [-0.39, 0.29) is 12.0 Å². The van der Waals surface area contributed by atoms with Crippen molar-refractivity contribution < 1.29 is 14.6 Å². The number of ether oxygens (including phenoxy) is 1. The van der Waals surface area contributed by atoms with E-state index in [0.29, 0.717) is 10.8 Å². The van der Waals surface area contributed by atoms with Crippen molar-refractivity contribution in [3.63, 3.8) is 0 Å². The van der Waals surface area contributed by atoms with Crippen LogP contribution in [0.4, 0.5) is 11.4 Å². The van der Waals surface area contributed by atoms with Crippen LogP contribution in [0.1, 0.15) is 29.4 Å². The van der Waals surface area contributed by atoms with Crippen LogP contribution in [-0.2, 0) is 6.54 Å². The second-order valence-corrected chi connectivity index (χ2v) is 8.19. The van der Waals surface area contributed by atoms with Gasteiger partial charge in [-0.05, 0) is 36.2 Å². The number of hydrogen-bond donors (Lipinski definition) is 3. The van der Waals surface area contributed by atoms with E-state index in [1.807, 2.05) is 19.1 Å². The molecule has 166 valence electrons. The summed E-state index contributed by atoms with van der Waals surface area (Å²) in [5.74, 6) is 0.536. The summed E-state index contributed by atoms with van der Waals surface area (Å²) in [6, 6.07) is 9.66. The summed E-state index contributed by atoms with van der Waals surface area (Å²) < 4.78 is 5.87. The van der Waals surface area contributed by atoms with Crippen molar-refractivity contribution in [3.05, 3.63) is 46.7 Å². The molecule has 1 aromatic heterocycles. The fourth-order valence-electron chi connectivity index (χ4n) is 4.00. The molecule has 2 aliphatic heterocycles. The molecular formula is C22H28ClN5O3. The Kier molecular flexibility index (Phi) is 6.50. The van der Waals surface area contributed by atoms with Gasteiger partial charge < -0.3 is 25.4 Å². The van der Waals surface area contributed by atoms with E-state index in [9.17, 15) is 9.90 Å². The normalized spacial score (nSPS) is 21.1. The molecule has 0 saturated carbocycles. The van der Waals surface area contributed by atoms with Crippen molar-refractivity contribution in [2.45, 2.75) is 32.2 Å². The number of aliphatic hydroxyl groups is 1. The third-order valence-corrected chi connectivity index (χ3v) is 6.07. The Morgan fingerprint density at radius 1 is 1.29 bits per heavy atom. The van der Waals surface area contributed by atoms with E-state index in [2.05, 4.69) is 37.6 Å². The van der Waals surface area contributed by atoms with E-state index in [1.165, 1.54) is 5.56 Å². The number of aromatic nitrogens is 1. The molecule has 4 rings (SSSR count). The Labute approximate surface area is 187 Å². The van der Waals surface area contributed by atoms with Crippen LogP contribution >= 0.6 is 11.6 Å². The summed E-state index contributed by atoms with van der Waals surface area (Å²) in [7, 11) is 1.57. The van der Waals surface area contributed by atoms with E-state index in [1.54, 1.807) is 13.1 Å². The van der Waals surface area contributed by atoms with E-state index < -0.39 is 6.23 Å². The Morgan fingerprint density at radius 3 is 2.74 bits per heavy atom. The number of hydrogen-bond acceptors (Lipinski definition) is 7. The number of aliphatic hydroxyl groups excluding tert-OH is 1. The average molecular weight is 446 g/mol. The fraction of sp³-hybridized carbons (Fsp3) is 0.455. The second kappa shape index (κ2) is 9.30. The number of carbonyl (C=O) groups is 1. The summed E-state index contributed by atoms with van der Waals surface area (Å²) in [6.45, 7) is 6.23. The lowest BCUT2D eigenvalue weighted by Crippen LogP contribution is -2.46. The number of nitrogens with zero attached hydrogens (tertiary/aromatic N) is 3. The molecule has 0 radical (unpaired) electrons. The van der Waals surface area contributed by atoms with Crippen LogP contribution in [0.2, 0.25) is 5.15 Å². The third kappa shape index (κ3) is 4.71. The highest BCUT2D eigenvalue weighted by molar-refractivity contribution is 6.32. The molecule has 3 N–H and O–H groups in total. The molecule has 2 atom stereocenters. The molecule has 1 fully saturated rings. The van der Waals surface area contributed by atoms with Crippen LogP contribution in [0.3, 0.4) is 0 Å². The van der Waals surface area contributed by atoms with Crippen LogP contribution in [-0.4, -0.2) is 66.5 Å². The number of amides is 1. The first kappa shape index (κ1) is 21.7. The van der Waals surface area contributed by atoms with Crippen molar-refractivity contribution >= 4 is 28.9 Å². The van der Waals surface area contributed by atoms with Crippen LogP contribution < -0.4 is 20.3 Å². The minimum atomic E-state index is -0.690. The number of fused-ring (bicyclic) bond motifs is 1. The fourth-order valence-corrected chi connectivity index (χ4v) is 4.27. The molecule has 0 spiro atoms. The summed E-state index contributed by atoms with van der Waals surface area (Å²) in [4.78, 5) is 20.5. The average Bonchev–Trinajstić information content (AvgIpc) is 2.78. The number of piperazine rings is 1. The van der Waals surface area contributed by atoms with Gasteiger partial charge in [-0.1, -0.05) is 24.6 Å². The Hall–Kier alpha value is -2.55. The van der Waals surface area contributed by atoms with Gasteiger partial charge in [-0.15, -0.1) is 0 Å². The van der Waals surface area contributed by atoms with Crippen molar-refractivity contribution in [2.75, 3.05) is 43.4 Å². The molecule has 8 nitrogen and oxygen atoms in total. The van der Waals surface area contributed by atoms with Gasteiger partial charge in [-0.3, -0.25) is 9.69 Å². The Balaban J connectivity index is 1.36. The van der Waals surface area contributed by atoms with Gasteiger partial charge in [0.25, 0.3) is 5.91 Å². The molecule has 2 aliphatic rings. The molecule has 2 unspecified atom stereocenters. The van der Waals surface area contributed by atoms with Crippen molar-refractivity contribution in [1.82, 2.24) is 15.2 Å². The van der Waals surface area contributed by atoms with Crippen LogP contribution in [0.5, 0.6) is 5.75 Å². The van der Waals surface area contributed by atoms with Gasteiger partial charge in [0.15, 0.2) is 11.4 Å². The molecule has 31 heavy (non-hydrogen) atoms. The molecule has 1 saturated heterocycles. The zero-order valence-electron chi connectivity index (χ0n) is 17.8. The van der Waals surface area contributed by atoms with Crippen LogP contribution in [0.25, 0.3) is 0 Å². The summed E-state index contributed by atoms with van der Waals surface area (Å²) >= 11 is 6.34. The highest BCUT2D eigenvalue weighted by Gasteiger charge is 2.27. The molecule has 1 aromatic carbocycles. The minimum absolute atomic E-state index is 0.224. The maximum Gasteiger partial charge on any atom is 0.269 e. The first-order chi connectivity index (χ1) is 15.0. The largest absolute Gasteiger partial charge is 0.484 e. The predicted molar refractivity (Wildman–Crippen MR) is 121 cm³/mol. The highest BCUT2D eigenvalue weighted by Crippen LogP contribution is 2.33. The van der Waals surface area contributed by atoms with Gasteiger partial charge >= 0.3 is 0 Å². The van der Waals surface area contributed by atoms with Crippen molar-refractivity contribution in [2.24, 2.45) is 0 Å². The molecule has 0 aliphatic carbocycles. The van der Waals surface area contributed by atoms with Crippen LogP contribution in [0, 0.1) is 0 Å². The predicted octanol–water partition coefficient (Wildman–Crippen LogP) is 2.32. The number of nitrogens with one attached hydrogen (secondary N) is 2. The van der Waals surface area contributed by atoms with Gasteiger partial charge in [0.05, 0.1) is 11.4 Å². The topological polar surface area (TPSA) is 90.0 Å². The molecule has 2 aromatic rings. The summed E-state index contributed by atoms with van der Waals surface area (Å²) in [6.07, 6.45) is -0.171. The number of benzene rings is 1. The third-order valence-electron chi connectivity index (χ3n) is 5.79. The SMILES string of the molecule is CCC1Oc2ccc(CN3CCN(c4ccc(C(=O)NC)nc4Cl)CC3)cc2NC1O. The molecule has 9 heteroatoms. The van der Waals surface area contributed by atoms with E-state index >= 15 is 0 Å². The maximum absolute atomic E-state index is 11.7. The quantitative estimate of drug-likeness (QED) is 0.608. The smallest absolute Gasteiger partial charge is 0.269 e. The zero-order chi connectivity index (χ0) is 22.0. The number of halogens is 1. The minimum Gasteiger partial charge on any atom is -0.484 e. The number of pyridine rings is 1. The lowest BCUT2D eigenvalue weighted by Gasteiger charge is -2.36. The van der Waals surface area contributed by atoms with Gasteiger partial charge in [0, 0.05) is 39.8 Å². The van der Waals surface area contributed by atoms with Crippen LogP contribution in [0.15, 0.2) is 30.3 Å². The van der Waals surface area contributed by atoms with Gasteiger partial charge in [0.1, 0.15) is 17.5 Å². The standard InChI is InChI=1S/C22H28ClN5O3/c1-3-18-22(30)26-16-12-14(4-7-19(16)31-18)13-27-8-10-28(11-9-27)17-6-5-15(21(29)24-2)25-20(17)23/h4-7,12,18,22,26,30H,3,8-11,13H2,1-2H3,(H,24,29). The van der Waals surface area contributed by atoms with E-state index in [0.717, 1.165) is 56.3 Å². The van der Waals surface area contributed by atoms with E-state index in [4.69, 9.17) is 16.3 Å². The second-order valence-electron chi connectivity index (χ2n) is 7.83. The highest BCUT2D eigenvalue weighted by atomic mass is 35.5. The molecule has 1 amide bonds. The molecule has 0 bridgehead atoms. The summed E-state index contributed by atoms with van der Waals surface area (Å²) in [5, 5.41) is 16.2. The lowest BCUT2D eigenvalue weighted by atomic mass is 10.1. The Morgan fingerprint density at radius 2 is 2.06 bits per heavy atom. The molecular weight excluding hydrogens is 418 g/mol. The van der Waals surface area contributed by atoms with Crippen molar-refractivity contribution in [1.29, 1.82) is 0 Å².